The molecule has 0 unspecified atom stereocenters. The number of morpholine rings is 1. The van der Waals surface area contributed by atoms with Crippen molar-refractivity contribution in [3.8, 4) is 5.75 Å². The van der Waals surface area contributed by atoms with E-state index in [9.17, 15) is 0 Å². The molecular formula is C17H30BNO6. The smallest absolute Gasteiger partial charge is 0.512 e. The zero-order valence-electron chi connectivity index (χ0n) is 15.5. The van der Waals surface area contributed by atoms with Gasteiger partial charge in [0.05, 0.1) is 24.4 Å². The van der Waals surface area contributed by atoms with Crippen LogP contribution in [0.2, 0.25) is 0 Å². The zero-order valence-corrected chi connectivity index (χ0v) is 15.5. The fourth-order valence-electron chi connectivity index (χ4n) is 1.81. The summed E-state index contributed by atoms with van der Waals surface area (Å²) >= 11 is 0. The van der Waals surface area contributed by atoms with Crippen LogP contribution in [0.3, 0.4) is 0 Å². The van der Waals surface area contributed by atoms with E-state index in [1.54, 1.807) is 39.8 Å². The summed E-state index contributed by atoms with van der Waals surface area (Å²) < 4.78 is 10.0. The Hall–Kier alpha value is -1.16. The molecule has 1 saturated heterocycles. The van der Waals surface area contributed by atoms with Crippen LogP contribution >= 0.6 is 0 Å². The quantitative estimate of drug-likeness (QED) is 0.567. The second-order valence-electron chi connectivity index (χ2n) is 7.09. The second-order valence-corrected chi connectivity index (χ2v) is 7.09. The minimum Gasteiger partial charge on any atom is -0.512 e. The molecule has 0 bridgehead atoms. The van der Waals surface area contributed by atoms with Gasteiger partial charge in [-0.25, -0.2) is 0 Å². The van der Waals surface area contributed by atoms with Crippen molar-refractivity contribution < 1.29 is 29.7 Å². The Morgan fingerprint density at radius 3 is 1.88 bits per heavy atom. The van der Waals surface area contributed by atoms with Gasteiger partial charge in [0.15, 0.2) is 0 Å². The first-order valence-electron chi connectivity index (χ1n) is 8.35. The van der Waals surface area contributed by atoms with Crippen molar-refractivity contribution >= 4 is 7.32 Å². The van der Waals surface area contributed by atoms with Crippen LogP contribution in [0.15, 0.2) is 24.3 Å². The molecule has 0 radical (unpaired) electrons. The number of hydrogen-bond acceptors (Lipinski definition) is 7. The van der Waals surface area contributed by atoms with Crippen LogP contribution in [0.25, 0.3) is 0 Å². The van der Waals surface area contributed by atoms with E-state index < -0.39 is 18.5 Å². The van der Waals surface area contributed by atoms with Crippen molar-refractivity contribution in [1.29, 1.82) is 0 Å². The van der Waals surface area contributed by atoms with E-state index in [0.29, 0.717) is 5.75 Å². The molecule has 2 rings (SSSR count). The lowest BCUT2D eigenvalue weighted by Gasteiger charge is -2.31. The molecule has 1 aliphatic heterocycles. The average molecular weight is 355 g/mol. The van der Waals surface area contributed by atoms with Crippen LogP contribution in [0.4, 0.5) is 0 Å². The molecule has 8 heteroatoms. The number of nitrogens with zero attached hydrogens (tertiary/aromatic N) is 1. The Bertz CT molecular complexity index is 477. The first-order valence-corrected chi connectivity index (χ1v) is 8.35. The van der Waals surface area contributed by atoms with Crippen LogP contribution < -0.4 is 4.65 Å². The zero-order chi connectivity index (χ0) is 19.1. The van der Waals surface area contributed by atoms with Crippen molar-refractivity contribution in [2.45, 2.75) is 45.4 Å². The van der Waals surface area contributed by atoms with E-state index in [-0.39, 0.29) is 0 Å². The Balaban J connectivity index is 0.000000333. The first-order chi connectivity index (χ1) is 11.5. The first kappa shape index (κ1) is 21.9. The van der Waals surface area contributed by atoms with Crippen LogP contribution in [0, 0.1) is 0 Å². The third kappa shape index (κ3) is 8.67. The molecule has 1 fully saturated rings. The summed E-state index contributed by atoms with van der Waals surface area (Å²) in [6.45, 7) is 10.7. The van der Waals surface area contributed by atoms with Crippen LogP contribution in [0.5, 0.6) is 5.75 Å². The summed E-state index contributed by atoms with van der Waals surface area (Å²) in [6, 6.07) is 7.31. The molecule has 25 heavy (non-hydrogen) atoms. The fraction of sp³-hybridized carbons (Fsp3) is 0.647. The maximum atomic E-state index is 9.10. The van der Waals surface area contributed by atoms with E-state index >= 15 is 0 Å². The van der Waals surface area contributed by atoms with E-state index in [4.69, 9.17) is 29.7 Å². The lowest BCUT2D eigenvalue weighted by molar-refractivity contribution is -0.107. The van der Waals surface area contributed by atoms with Gasteiger partial charge in [-0.3, -0.25) is 4.90 Å². The summed E-state index contributed by atoms with van der Waals surface area (Å²) in [5.74, 6) is 0.450. The molecule has 0 spiro atoms. The van der Waals surface area contributed by atoms with Gasteiger partial charge in [-0.15, -0.1) is 0 Å². The molecule has 1 aromatic carbocycles. The summed E-state index contributed by atoms with van der Waals surface area (Å²) in [5, 5.41) is 35.5. The van der Waals surface area contributed by atoms with Gasteiger partial charge >= 0.3 is 7.32 Å². The molecule has 0 amide bonds. The standard InChI is InChI=1S/C11H16BNO4.C6H14O2/c14-12(15)17-11-3-1-10(2-4-11)9-13-5-7-16-8-6-13;1-5(2,7)6(3,4)8/h1-4,14-15H,5-9H2;7-8H,1-4H3. The highest BCUT2D eigenvalue weighted by Gasteiger charge is 2.31. The molecule has 0 aromatic heterocycles. The second kappa shape index (κ2) is 9.52. The normalized spacial score (nSPS) is 16.0. The third-order valence-electron chi connectivity index (χ3n) is 4.17. The molecular weight excluding hydrogens is 325 g/mol. The van der Waals surface area contributed by atoms with Crippen molar-refractivity contribution in [1.82, 2.24) is 4.90 Å². The van der Waals surface area contributed by atoms with Gasteiger partial charge in [0.1, 0.15) is 5.75 Å². The summed E-state index contributed by atoms with van der Waals surface area (Å²) in [6.07, 6.45) is 0. The molecule has 0 aliphatic carbocycles. The number of hydrogen-bond donors (Lipinski definition) is 4. The molecule has 4 N–H and O–H groups in total. The maximum absolute atomic E-state index is 9.10. The Morgan fingerprint density at radius 2 is 1.48 bits per heavy atom. The van der Waals surface area contributed by atoms with Gasteiger partial charge in [-0.2, -0.15) is 0 Å². The number of benzene rings is 1. The molecule has 1 aliphatic rings. The van der Waals surface area contributed by atoms with Gasteiger partial charge in [0.2, 0.25) is 0 Å². The van der Waals surface area contributed by atoms with Gasteiger partial charge in [-0.05, 0) is 45.4 Å². The van der Waals surface area contributed by atoms with Gasteiger partial charge in [0.25, 0.3) is 0 Å². The van der Waals surface area contributed by atoms with Crippen LogP contribution in [-0.4, -0.2) is 70.0 Å². The largest absolute Gasteiger partial charge is 0.707 e. The van der Waals surface area contributed by atoms with Crippen molar-refractivity contribution in [3.05, 3.63) is 29.8 Å². The minimum atomic E-state index is -1.76. The van der Waals surface area contributed by atoms with E-state index in [1.807, 2.05) is 12.1 Å². The van der Waals surface area contributed by atoms with Crippen molar-refractivity contribution in [2.75, 3.05) is 26.3 Å². The molecule has 142 valence electrons. The monoisotopic (exact) mass is 355 g/mol. The third-order valence-corrected chi connectivity index (χ3v) is 4.17. The van der Waals surface area contributed by atoms with Crippen molar-refractivity contribution in [2.24, 2.45) is 0 Å². The predicted octanol–water partition coefficient (Wildman–Crippen LogP) is 0.395. The van der Waals surface area contributed by atoms with Gasteiger partial charge in [-0.1, -0.05) is 12.1 Å². The maximum Gasteiger partial charge on any atom is 0.707 e. The van der Waals surface area contributed by atoms with Crippen LogP contribution in [-0.2, 0) is 11.3 Å². The van der Waals surface area contributed by atoms with Gasteiger partial charge in [0, 0.05) is 19.6 Å². The van der Waals surface area contributed by atoms with Crippen molar-refractivity contribution in [3.63, 3.8) is 0 Å². The highest BCUT2D eigenvalue weighted by molar-refractivity contribution is 6.33. The molecule has 0 saturated carbocycles. The van der Waals surface area contributed by atoms with E-state index in [0.717, 1.165) is 32.8 Å². The summed E-state index contributed by atoms with van der Waals surface area (Å²) in [7, 11) is -1.76. The minimum absolute atomic E-state index is 0.450. The lowest BCUT2D eigenvalue weighted by atomic mass is 9.90. The highest BCUT2D eigenvalue weighted by Crippen LogP contribution is 2.19. The summed E-state index contributed by atoms with van der Waals surface area (Å²) in [5.41, 5.74) is -0.841. The Morgan fingerprint density at radius 1 is 1.00 bits per heavy atom. The topological polar surface area (TPSA) is 103 Å². The fourth-order valence-corrected chi connectivity index (χ4v) is 1.81. The molecule has 1 heterocycles. The summed E-state index contributed by atoms with van der Waals surface area (Å²) in [4.78, 5) is 2.32. The average Bonchev–Trinajstić information content (AvgIpc) is 2.48. The van der Waals surface area contributed by atoms with Crippen LogP contribution in [0.1, 0.15) is 33.3 Å². The lowest BCUT2D eigenvalue weighted by Crippen LogP contribution is -2.44. The molecule has 1 aromatic rings. The number of ether oxygens (including phenoxy) is 1. The Labute approximate surface area is 150 Å². The number of aliphatic hydroxyl groups is 2. The predicted molar refractivity (Wildman–Crippen MR) is 96.0 cm³/mol. The SMILES string of the molecule is CC(C)(O)C(C)(C)O.OB(O)Oc1ccc(CN2CCOCC2)cc1. The van der Waals surface area contributed by atoms with Gasteiger partial charge < -0.3 is 29.7 Å². The Kier molecular flexibility index (Phi) is 8.33. The van der Waals surface area contributed by atoms with E-state index in [1.165, 1.54) is 5.56 Å². The molecule has 0 atom stereocenters. The number of rotatable bonds is 5. The highest BCUT2D eigenvalue weighted by atomic mass is 16.6. The van der Waals surface area contributed by atoms with E-state index in [2.05, 4.69) is 4.90 Å². The molecule has 7 nitrogen and oxygen atoms in total.